The molecule has 9 nitrogen and oxygen atoms in total. The summed E-state index contributed by atoms with van der Waals surface area (Å²) in [5.41, 5.74) is 1.97. The fraction of sp³-hybridized carbons (Fsp3) is 0.280. The van der Waals surface area contributed by atoms with Crippen LogP contribution in [0.25, 0.3) is 0 Å². The summed E-state index contributed by atoms with van der Waals surface area (Å²) in [7, 11) is 1.64. The monoisotopic (exact) mass is 528 g/mol. The number of tetrazole rings is 1. The van der Waals surface area contributed by atoms with Gasteiger partial charge in [-0.15, -0.1) is 17.5 Å². The highest BCUT2D eigenvalue weighted by Gasteiger charge is 2.33. The summed E-state index contributed by atoms with van der Waals surface area (Å²) in [6.07, 6.45) is 1.51. The number of halogens is 2. The number of hydrogen-bond acceptors (Lipinski definition) is 7. The van der Waals surface area contributed by atoms with Crippen LogP contribution in [-0.2, 0) is 6.54 Å². The quantitative estimate of drug-likeness (QED) is 0.358. The van der Waals surface area contributed by atoms with Crippen LogP contribution in [0.3, 0.4) is 0 Å². The molecule has 188 valence electrons. The smallest absolute Gasteiger partial charge is 0.289 e. The molecule has 2 aromatic carbocycles. The molecule has 1 atom stereocenters. The fourth-order valence-electron chi connectivity index (χ4n) is 4.36. The molecular formula is C25H26Cl2N6O3. The summed E-state index contributed by atoms with van der Waals surface area (Å²) < 4.78 is 12.4. The van der Waals surface area contributed by atoms with Crippen LogP contribution < -0.4 is 4.74 Å². The standard InChI is InChI=1S/C25H25ClN6O3.ClH/c1-34-19-10-8-18(9-11-19)17-32-24(27-28-29-32)23(20-5-2-3-6-21(20)26)30-12-14-31(15-13-30)25(33)22-7-4-16-35-22;/h2-11,16,23H,12-15,17H2,1H3;1H. The molecule has 4 aromatic rings. The second kappa shape index (κ2) is 11.6. The molecule has 0 aliphatic carbocycles. The molecular weight excluding hydrogens is 503 g/mol. The number of methoxy groups -OCH3 is 1. The van der Waals surface area contributed by atoms with Crippen molar-refractivity contribution in [3.05, 3.63) is 94.7 Å². The van der Waals surface area contributed by atoms with Crippen molar-refractivity contribution in [2.45, 2.75) is 12.6 Å². The van der Waals surface area contributed by atoms with E-state index in [0.717, 1.165) is 16.9 Å². The summed E-state index contributed by atoms with van der Waals surface area (Å²) in [6.45, 7) is 2.89. The van der Waals surface area contributed by atoms with E-state index in [2.05, 4.69) is 20.4 Å². The largest absolute Gasteiger partial charge is 0.497 e. The maximum absolute atomic E-state index is 12.7. The van der Waals surface area contributed by atoms with Crippen LogP contribution in [0.5, 0.6) is 5.75 Å². The summed E-state index contributed by atoms with van der Waals surface area (Å²) in [6, 6.07) is 18.7. The Morgan fingerprint density at radius 1 is 1.06 bits per heavy atom. The molecule has 1 unspecified atom stereocenters. The Hall–Kier alpha value is -3.40. The average molecular weight is 529 g/mol. The van der Waals surface area contributed by atoms with Crippen LogP contribution in [-0.4, -0.2) is 69.2 Å². The normalized spacial score (nSPS) is 14.8. The van der Waals surface area contributed by atoms with Crippen molar-refractivity contribution in [3.8, 4) is 5.75 Å². The third-order valence-electron chi connectivity index (χ3n) is 6.19. The molecule has 11 heteroatoms. The van der Waals surface area contributed by atoms with Crippen LogP contribution in [0.1, 0.15) is 33.5 Å². The van der Waals surface area contributed by atoms with E-state index in [1.54, 1.807) is 28.8 Å². The fourth-order valence-corrected chi connectivity index (χ4v) is 4.60. The van der Waals surface area contributed by atoms with Gasteiger partial charge in [0.05, 0.1) is 26.0 Å². The number of carbonyl (C=O) groups excluding carboxylic acids is 1. The van der Waals surface area contributed by atoms with Crippen LogP contribution in [0.4, 0.5) is 0 Å². The van der Waals surface area contributed by atoms with Crippen molar-refractivity contribution < 1.29 is 13.9 Å². The van der Waals surface area contributed by atoms with Gasteiger partial charge in [0.1, 0.15) is 5.75 Å². The van der Waals surface area contributed by atoms with Gasteiger partial charge in [0.15, 0.2) is 11.6 Å². The van der Waals surface area contributed by atoms with Gasteiger partial charge in [-0.25, -0.2) is 4.68 Å². The lowest BCUT2D eigenvalue weighted by molar-refractivity contribution is 0.0559. The minimum atomic E-state index is -0.266. The predicted molar refractivity (Wildman–Crippen MR) is 137 cm³/mol. The Bertz CT molecular complexity index is 1270. The second-order valence-electron chi connectivity index (χ2n) is 8.27. The van der Waals surface area contributed by atoms with Crippen molar-refractivity contribution in [1.29, 1.82) is 0 Å². The van der Waals surface area contributed by atoms with E-state index < -0.39 is 0 Å². The summed E-state index contributed by atoms with van der Waals surface area (Å²) >= 11 is 6.65. The van der Waals surface area contributed by atoms with E-state index in [4.69, 9.17) is 20.8 Å². The lowest BCUT2D eigenvalue weighted by Gasteiger charge is -2.38. The van der Waals surface area contributed by atoms with Gasteiger partial charge in [0.2, 0.25) is 0 Å². The number of amides is 1. The molecule has 36 heavy (non-hydrogen) atoms. The summed E-state index contributed by atoms with van der Waals surface area (Å²) in [4.78, 5) is 16.8. The first-order chi connectivity index (χ1) is 17.1. The van der Waals surface area contributed by atoms with Gasteiger partial charge >= 0.3 is 0 Å². The summed E-state index contributed by atoms with van der Waals surface area (Å²) in [5.74, 6) is 1.74. The number of furan rings is 1. The van der Waals surface area contributed by atoms with Crippen molar-refractivity contribution >= 4 is 29.9 Å². The Morgan fingerprint density at radius 2 is 1.81 bits per heavy atom. The van der Waals surface area contributed by atoms with E-state index >= 15 is 0 Å². The Labute approximate surface area is 220 Å². The average Bonchev–Trinajstić information content (AvgIpc) is 3.59. The van der Waals surface area contributed by atoms with E-state index in [1.807, 2.05) is 48.5 Å². The zero-order chi connectivity index (χ0) is 24.2. The SMILES string of the molecule is COc1ccc(Cn2nnnc2C(c2ccccc2Cl)N2CCN(C(=O)c3ccco3)CC2)cc1.Cl. The second-order valence-corrected chi connectivity index (χ2v) is 8.68. The molecule has 2 aromatic heterocycles. The van der Waals surface area contributed by atoms with Crippen LogP contribution in [0.15, 0.2) is 71.3 Å². The van der Waals surface area contributed by atoms with E-state index in [-0.39, 0.29) is 24.4 Å². The Balaban J connectivity index is 0.00000304. The maximum Gasteiger partial charge on any atom is 0.289 e. The first-order valence-electron chi connectivity index (χ1n) is 11.3. The van der Waals surface area contributed by atoms with Crippen molar-refractivity contribution in [1.82, 2.24) is 30.0 Å². The van der Waals surface area contributed by atoms with Gasteiger partial charge in [0, 0.05) is 31.2 Å². The number of ether oxygens (including phenoxy) is 1. The third kappa shape index (κ3) is 5.38. The highest BCUT2D eigenvalue weighted by atomic mass is 35.5. The molecule has 1 saturated heterocycles. The number of nitrogens with zero attached hydrogens (tertiary/aromatic N) is 6. The Morgan fingerprint density at radius 3 is 2.47 bits per heavy atom. The Kier molecular flexibility index (Phi) is 8.25. The highest BCUT2D eigenvalue weighted by Crippen LogP contribution is 2.33. The van der Waals surface area contributed by atoms with Gasteiger partial charge in [-0.1, -0.05) is 41.9 Å². The molecule has 0 radical (unpaired) electrons. The molecule has 3 heterocycles. The first-order valence-corrected chi connectivity index (χ1v) is 11.7. The number of carbonyl (C=O) groups is 1. The van der Waals surface area contributed by atoms with Crippen LogP contribution in [0.2, 0.25) is 5.02 Å². The zero-order valence-corrected chi connectivity index (χ0v) is 21.2. The number of aromatic nitrogens is 4. The first kappa shape index (κ1) is 25.7. The number of piperazine rings is 1. The van der Waals surface area contributed by atoms with Gasteiger partial charge in [-0.3, -0.25) is 9.69 Å². The van der Waals surface area contributed by atoms with Crippen molar-refractivity contribution in [2.24, 2.45) is 0 Å². The lowest BCUT2D eigenvalue weighted by Crippen LogP contribution is -2.50. The molecule has 0 saturated carbocycles. The third-order valence-corrected chi connectivity index (χ3v) is 6.54. The summed E-state index contributed by atoms with van der Waals surface area (Å²) in [5, 5.41) is 13.3. The van der Waals surface area contributed by atoms with E-state index in [1.165, 1.54) is 6.26 Å². The molecule has 1 aliphatic rings. The number of hydrogen-bond donors (Lipinski definition) is 0. The molecule has 1 fully saturated rings. The van der Waals surface area contributed by atoms with Gasteiger partial charge in [-0.2, -0.15) is 0 Å². The number of benzene rings is 2. The van der Waals surface area contributed by atoms with Crippen molar-refractivity contribution in [2.75, 3.05) is 33.3 Å². The van der Waals surface area contributed by atoms with Gasteiger partial charge in [-0.05, 0) is 51.9 Å². The minimum absolute atomic E-state index is 0. The topological polar surface area (TPSA) is 89.5 Å². The van der Waals surface area contributed by atoms with Crippen LogP contribution >= 0.6 is 24.0 Å². The molecule has 1 amide bonds. The van der Waals surface area contributed by atoms with E-state index in [0.29, 0.717) is 49.3 Å². The molecule has 0 bridgehead atoms. The van der Waals surface area contributed by atoms with Gasteiger partial charge in [0.25, 0.3) is 5.91 Å². The minimum Gasteiger partial charge on any atom is -0.497 e. The maximum atomic E-state index is 12.7. The number of rotatable bonds is 7. The molecule has 0 spiro atoms. The van der Waals surface area contributed by atoms with Gasteiger partial charge < -0.3 is 14.1 Å². The predicted octanol–water partition coefficient (Wildman–Crippen LogP) is 3.95. The molecule has 1 aliphatic heterocycles. The van der Waals surface area contributed by atoms with Crippen LogP contribution in [0, 0.1) is 0 Å². The lowest BCUT2D eigenvalue weighted by atomic mass is 10.0. The van der Waals surface area contributed by atoms with E-state index in [9.17, 15) is 4.79 Å². The van der Waals surface area contributed by atoms with Crippen molar-refractivity contribution in [3.63, 3.8) is 0 Å². The zero-order valence-electron chi connectivity index (χ0n) is 19.7. The molecule has 0 N–H and O–H groups in total. The highest BCUT2D eigenvalue weighted by molar-refractivity contribution is 6.31. The molecule has 5 rings (SSSR count).